The minimum absolute atomic E-state index is 0.351. The Labute approximate surface area is 187 Å². The Morgan fingerprint density at radius 2 is 1.87 bits per heavy atom. The lowest BCUT2D eigenvalue weighted by Gasteiger charge is -2.37. The van der Waals surface area contributed by atoms with Crippen molar-refractivity contribution in [3.05, 3.63) is 70.9 Å². The number of methoxy groups -OCH3 is 1. The Morgan fingerprint density at radius 3 is 2.55 bits per heavy atom. The van der Waals surface area contributed by atoms with Crippen LogP contribution in [0.15, 0.2) is 59.8 Å². The van der Waals surface area contributed by atoms with Gasteiger partial charge in [-0.05, 0) is 62.3 Å². The van der Waals surface area contributed by atoms with Gasteiger partial charge in [0, 0.05) is 23.6 Å². The molecule has 1 aliphatic heterocycles. The summed E-state index contributed by atoms with van der Waals surface area (Å²) in [4.78, 5) is 26.9. The number of urea groups is 1. The largest absolute Gasteiger partial charge is 0.466 e. The van der Waals surface area contributed by atoms with Crippen LogP contribution in [0.4, 0.5) is 16.2 Å². The third-order valence-electron chi connectivity index (χ3n) is 5.19. The van der Waals surface area contributed by atoms with E-state index in [-0.39, 0.29) is 6.03 Å². The van der Waals surface area contributed by atoms with Crippen molar-refractivity contribution < 1.29 is 14.3 Å². The molecule has 1 atom stereocenters. The SMILES string of the molecule is CCN1C(=S)N[C@@H](c2cccc(NC(=O)Nc3ccccc3C)c2)C(C(=O)OC)=C1C. The summed E-state index contributed by atoms with van der Waals surface area (Å²) in [6.45, 7) is 6.37. The molecule has 8 heteroatoms. The van der Waals surface area contributed by atoms with Crippen LogP contribution in [-0.2, 0) is 9.53 Å². The van der Waals surface area contributed by atoms with Crippen molar-refractivity contribution in [1.29, 1.82) is 0 Å². The number of rotatable bonds is 5. The van der Waals surface area contributed by atoms with Crippen molar-refractivity contribution >= 4 is 40.7 Å². The number of hydrogen-bond acceptors (Lipinski definition) is 4. The molecule has 3 rings (SSSR count). The maximum absolute atomic E-state index is 12.6. The molecule has 3 N–H and O–H groups in total. The number of carbonyl (C=O) groups excluding carboxylic acids is 2. The molecule has 0 unspecified atom stereocenters. The van der Waals surface area contributed by atoms with Gasteiger partial charge in [-0.2, -0.15) is 0 Å². The van der Waals surface area contributed by atoms with E-state index in [0.717, 1.165) is 22.5 Å². The quantitative estimate of drug-likeness (QED) is 0.476. The van der Waals surface area contributed by atoms with Gasteiger partial charge in [0.1, 0.15) is 0 Å². The van der Waals surface area contributed by atoms with E-state index in [9.17, 15) is 9.59 Å². The summed E-state index contributed by atoms with van der Waals surface area (Å²) in [7, 11) is 1.36. The van der Waals surface area contributed by atoms with Gasteiger partial charge in [-0.1, -0.05) is 30.3 Å². The Kier molecular flexibility index (Phi) is 6.91. The van der Waals surface area contributed by atoms with Gasteiger partial charge in [0.2, 0.25) is 0 Å². The first-order valence-electron chi connectivity index (χ1n) is 9.96. The molecule has 0 aromatic heterocycles. The predicted molar refractivity (Wildman–Crippen MR) is 126 cm³/mol. The number of ether oxygens (including phenoxy) is 1. The molecule has 0 bridgehead atoms. The summed E-state index contributed by atoms with van der Waals surface area (Å²) in [5.74, 6) is -0.424. The highest BCUT2D eigenvalue weighted by Crippen LogP contribution is 2.32. The molecule has 2 aromatic carbocycles. The number of hydrogen-bond donors (Lipinski definition) is 3. The van der Waals surface area contributed by atoms with Crippen molar-refractivity contribution in [2.45, 2.75) is 26.8 Å². The number of benzene rings is 2. The molecule has 2 aromatic rings. The Morgan fingerprint density at radius 1 is 1.13 bits per heavy atom. The zero-order valence-corrected chi connectivity index (χ0v) is 18.8. The summed E-state index contributed by atoms with van der Waals surface area (Å²) in [5.41, 5.74) is 4.32. The highest BCUT2D eigenvalue weighted by molar-refractivity contribution is 7.80. The number of allylic oxidation sites excluding steroid dienone is 1. The normalized spacial score (nSPS) is 15.9. The number of anilines is 2. The van der Waals surface area contributed by atoms with E-state index in [2.05, 4.69) is 16.0 Å². The Bertz CT molecular complexity index is 1050. The van der Waals surface area contributed by atoms with Crippen LogP contribution in [0.2, 0.25) is 0 Å². The highest BCUT2D eigenvalue weighted by atomic mass is 32.1. The van der Waals surface area contributed by atoms with Crippen molar-refractivity contribution in [3.63, 3.8) is 0 Å². The number of carbonyl (C=O) groups is 2. The van der Waals surface area contributed by atoms with Gasteiger partial charge < -0.3 is 25.6 Å². The summed E-state index contributed by atoms with van der Waals surface area (Å²) < 4.78 is 5.03. The molecule has 1 aliphatic rings. The lowest BCUT2D eigenvalue weighted by Crippen LogP contribution is -2.47. The molecule has 7 nitrogen and oxygen atoms in total. The van der Waals surface area contributed by atoms with Gasteiger partial charge in [0.25, 0.3) is 0 Å². The second-order valence-electron chi connectivity index (χ2n) is 7.14. The molecule has 0 fully saturated rings. The molecule has 162 valence electrons. The van der Waals surface area contributed by atoms with Gasteiger partial charge in [-0.25, -0.2) is 9.59 Å². The Balaban J connectivity index is 1.86. The van der Waals surface area contributed by atoms with E-state index in [1.807, 2.05) is 68.1 Å². The molecule has 0 spiro atoms. The molecular formula is C23H26N4O3S. The standard InChI is InChI=1S/C23H26N4O3S/c1-5-27-15(3)19(21(28)30-4)20(26-23(27)31)16-10-8-11-17(13-16)24-22(29)25-18-12-7-6-9-14(18)2/h6-13,20H,5H2,1-4H3,(H,26,31)(H2,24,25,29)/t20-/m0/s1. The zero-order chi connectivity index (χ0) is 22.5. The van der Waals surface area contributed by atoms with Crippen LogP contribution in [0.1, 0.15) is 31.0 Å². The maximum Gasteiger partial charge on any atom is 0.337 e. The summed E-state index contributed by atoms with van der Waals surface area (Å²) in [6.07, 6.45) is 0. The number of para-hydroxylation sites is 1. The second-order valence-corrected chi connectivity index (χ2v) is 7.52. The number of thiocarbonyl (C=S) groups is 1. The van der Waals surface area contributed by atoms with Crippen molar-refractivity contribution in [3.8, 4) is 0 Å². The van der Waals surface area contributed by atoms with Crippen LogP contribution in [0.3, 0.4) is 0 Å². The van der Waals surface area contributed by atoms with E-state index < -0.39 is 12.0 Å². The number of nitrogens with one attached hydrogen (secondary N) is 3. The summed E-state index contributed by atoms with van der Waals surface area (Å²) >= 11 is 5.49. The third-order valence-corrected chi connectivity index (χ3v) is 5.53. The molecule has 31 heavy (non-hydrogen) atoms. The fourth-order valence-electron chi connectivity index (χ4n) is 3.58. The van der Waals surface area contributed by atoms with Crippen LogP contribution in [0.25, 0.3) is 0 Å². The van der Waals surface area contributed by atoms with Gasteiger partial charge in [0.05, 0.1) is 18.7 Å². The number of amides is 2. The molecule has 1 heterocycles. The average Bonchev–Trinajstić information content (AvgIpc) is 2.75. The van der Waals surface area contributed by atoms with Crippen LogP contribution >= 0.6 is 12.2 Å². The molecule has 0 saturated carbocycles. The van der Waals surface area contributed by atoms with Crippen molar-refractivity contribution in [2.75, 3.05) is 24.3 Å². The van der Waals surface area contributed by atoms with Gasteiger partial charge in [-0.15, -0.1) is 0 Å². The zero-order valence-electron chi connectivity index (χ0n) is 18.0. The fourth-order valence-corrected chi connectivity index (χ4v) is 3.96. The van der Waals surface area contributed by atoms with Gasteiger partial charge in [0.15, 0.2) is 5.11 Å². The topological polar surface area (TPSA) is 82.7 Å². The van der Waals surface area contributed by atoms with Gasteiger partial charge in [-0.3, -0.25) is 0 Å². The van der Waals surface area contributed by atoms with Crippen molar-refractivity contribution in [2.24, 2.45) is 0 Å². The highest BCUT2D eigenvalue weighted by Gasteiger charge is 2.34. The first kappa shape index (κ1) is 22.3. The summed E-state index contributed by atoms with van der Waals surface area (Å²) in [5, 5.41) is 9.45. The van der Waals surface area contributed by atoms with E-state index in [1.165, 1.54) is 7.11 Å². The fraction of sp³-hybridized carbons (Fsp3) is 0.261. The lowest BCUT2D eigenvalue weighted by atomic mass is 9.94. The summed E-state index contributed by atoms with van der Waals surface area (Å²) in [6, 6.07) is 14.0. The molecular weight excluding hydrogens is 412 g/mol. The van der Waals surface area contributed by atoms with E-state index >= 15 is 0 Å². The first-order valence-corrected chi connectivity index (χ1v) is 10.4. The van der Waals surface area contributed by atoms with Crippen molar-refractivity contribution in [1.82, 2.24) is 10.2 Å². The number of esters is 1. The van der Waals surface area contributed by atoms with Crippen LogP contribution in [0, 0.1) is 6.92 Å². The monoisotopic (exact) mass is 438 g/mol. The van der Waals surface area contributed by atoms with Crippen LogP contribution < -0.4 is 16.0 Å². The number of nitrogens with zero attached hydrogens (tertiary/aromatic N) is 1. The van der Waals surface area contributed by atoms with E-state index in [1.54, 1.807) is 6.07 Å². The minimum atomic E-state index is -0.482. The van der Waals surface area contributed by atoms with Crippen LogP contribution in [-0.4, -0.2) is 35.7 Å². The lowest BCUT2D eigenvalue weighted by molar-refractivity contribution is -0.136. The number of aryl methyl sites for hydroxylation is 1. The molecule has 0 saturated heterocycles. The average molecular weight is 439 g/mol. The third kappa shape index (κ3) is 4.86. The minimum Gasteiger partial charge on any atom is -0.466 e. The molecule has 0 aliphatic carbocycles. The predicted octanol–water partition coefficient (Wildman–Crippen LogP) is 4.34. The van der Waals surface area contributed by atoms with Gasteiger partial charge >= 0.3 is 12.0 Å². The smallest absolute Gasteiger partial charge is 0.337 e. The second kappa shape index (κ2) is 9.61. The molecule has 2 amide bonds. The van der Waals surface area contributed by atoms with E-state index in [0.29, 0.717) is 22.9 Å². The first-order chi connectivity index (χ1) is 14.8. The van der Waals surface area contributed by atoms with E-state index in [4.69, 9.17) is 17.0 Å². The van der Waals surface area contributed by atoms with Crippen LogP contribution in [0.5, 0.6) is 0 Å². The maximum atomic E-state index is 12.6. The Hall–Kier alpha value is -3.39. The molecule has 0 radical (unpaired) electrons.